The first-order valence-electron chi connectivity index (χ1n) is 6.48. The van der Waals surface area contributed by atoms with E-state index in [0.717, 1.165) is 38.2 Å². The lowest BCUT2D eigenvalue weighted by atomic mass is 9.76. The summed E-state index contributed by atoms with van der Waals surface area (Å²) in [5, 5.41) is 0. The Labute approximate surface area is 103 Å². The first-order valence-corrected chi connectivity index (χ1v) is 6.48. The van der Waals surface area contributed by atoms with Crippen LogP contribution in [-0.4, -0.2) is 13.2 Å². The SMILES string of the molecule is CC1(C)COc2ccccc2C2(CCCO2)C1. The molecule has 2 aliphatic rings. The Bertz CT molecular complexity index is 417. The summed E-state index contributed by atoms with van der Waals surface area (Å²) in [6.07, 6.45) is 3.33. The van der Waals surface area contributed by atoms with Crippen LogP contribution in [0.2, 0.25) is 0 Å². The summed E-state index contributed by atoms with van der Waals surface area (Å²) in [6, 6.07) is 8.37. The van der Waals surface area contributed by atoms with Crippen molar-refractivity contribution in [3.8, 4) is 5.75 Å². The van der Waals surface area contributed by atoms with Gasteiger partial charge < -0.3 is 9.47 Å². The van der Waals surface area contributed by atoms with Crippen molar-refractivity contribution in [3.05, 3.63) is 29.8 Å². The van der Waals surface area contributed by atoms with Crippen LogP contribution in [-0.2, 0) is 10.3 Å². The lowest BCUT2D eigenvalue weighted by Gasteiger charge is -2.33. The molecule has 0 saturated carbocycles. The van der Waals surface area contributed by atoms with E-state index in [9.17, 15) is 0 Å². The zero-order chi connectivity index (χ0) is 11.9. The molecule has 1 saturated heterocycles. The van der Waals surface area contributed by atoms with Crippen LogP contribution < -0.4 is 4.74 Å². The lowest BCUT2D eigenvalue weighted by Crippen LogP contribution is -2.31. The lowest BCUT2D eigenvalue weighted by molar-refractivity contribution is -0.0324. The summed E-state index contributed by atoms with van der Waals surface area (Å²) in [5.74, 6) is 1.01. The second-order valence-electron chi connectivity index (χ2n) is 6.07. The van der Waals surface area contributed by atoms with Gasteiger partial charge in [0.1, 0.15) is 5.75 Å². The standard InChI is InChI=1S/C15H20O2/c1-14(2)10-15(8-5-9-17-15)12-6-3-4-7-13(12)16-11-14/h3-4,6-7H,5,8-11H2,1-2H3. The van der Waals surface area contributed by atoms with Gasteiger partial charge in [0.25, 0.3) is 0 Å². The van der Waals surface area contributed by atoms with Gasteiger partial charge in [0.05, 0.1) is 12.2 Å². The van der Waals surface area contributed by atoms with E-state index in [4.69, 9.17) is 9.47 Å². The highest BCUT2D eigenvalue weighted by molar-refractivity contribution is 5.40. The summed E-state index contributed by atoms with van der Waals surface area (Å²) in [4.78, 5) is 0. The molecule has 1 fully saturated rings. The largest absolute Gasteiger partial charge is 0.493 e. The molecule has 1 unspecified atom stereocenters. The predicted molar refractivity (Wildman–Crippen MR) is 67.2 cm³/mol. The Kier molecular flexibility index (Phi) is 2.44. The molecule has 92 valence electrons. The molecule has 0 amide bonds. The highest BCUT2D eigenvalue weighted by Gasteiger charge is 2.45. The van der Waals surface area contributed by atoms with Gasteiger partial charge in [0.15, 0.2) is 0 Å². The summed E-state index contributed by atoms with van der Waals surface area (Å²) < 4.78 is 12.1. The average Bonchev–Trinajstić information content (AvgIpc) is 2.71. The van der Waals surface area contributed by atoms with E-state index >= 15 is 0 Å². The summed E-state index contributed by atoms with van der Waals surface area (Å²) >= 11 is 0. The molecular weight excluding hydrogens is 212 g/mol. The van der Waals surface area contributed by atoms with E-state index in [-0.39, 0.29) is 11.0 Å². The quantitative estimate of drug-likeness (QED) is 0.681. The third-order valence-electron chi connectivity index (χ3n) is 3.86. The second-order valence-corrected chi connectivity index (χ2v) is 6.07. The Balaban J connectivity index is 2.10. The monoisotopic (exact) mass is 232 g/mol. The van der Waals surface area contributed by atoms with Crippen LogP contribution in [0.15, 0.2) is 24.3 Å². The van der Waals surface area contributed by atoms with E-state index < -0.39 is 0 Å². The van der Waals surface area contributed by atoms with Gasteiger partial charge >= 0.3 is 0 Å². The molecule has 1 spiro atoms. The fraction of sp³-hybridized carbons (Fsp3) is 0.600. The zero-order valence-corrected chi connectivity index (χ0v) is 10.7. The van der Waals surface area contributed by atoms with Crippen LogP contribution in [0.25, 0.3) is 0 Å². The Morgan fingerprint density at radius 2 is 2.00 bits per heavy atom. The van der Waals surface area contributed by atoms with Crippen LogP contribution in [0.4, 0.5) is 0 Å². The molecule has 1 aromatic carbocycles. The van der Waals surface area contributed by atoms with Crippen molar-refractivity contribution in [3.63, 3.8) is 0 Å². The first kappa shape index (κ1) is 11.1. The van der Waals surface area contributed by atoms with Gasteiger partial charge in [-0.3, -0.25) is 0 Å². The topological polar surface area (TPSA) is 18.5 Å². The molecule has 1 atom stereocenters. The minimum atomic E-state index is -0.101. The molecule has 3 rings (SSSR count). The zero-order valence-electron chi connectivity index (χ0n) is 10.7. The first-order chi connectivity index (χ1) is 8.11. The highest BCUT2D eigenvalue weighted by Crippen LogP contribution is 2.49. The molecule has 0 aromatic heterocycles. The Hall–Kier alpha value is -1.02. The predicted octanol–water partition coefficient (Wildman–Crippen LogP) is 3.50. The molecule has 0 radical (unpaired) electrons. The molecule has 1 aromatic rings. The molecular formula is C15H20O2. The third-order valence-corrected chi connectivity index (χ3v) is 3.86. The highest BCUT2D eigenvalue weighted by atomic mass is 16.5. The number of ether oxygens (including phenoxy) is 2. The minimum Gasteiger partial charge on any atom is -0.493 e. The van der Waals surface area contributed by atoms with Gasteiger partial charge in [-0.25, -0.2) is 0 Å². The van der Waals surface area contributed by atoms with Crippen LogP contribution in [0.1, 0.15) is 38.7 Å². The van der Waals surface area contributed by atoms with Gasteiger partial charge in [-0.05, 0) is 25.3 Å². The van der Waals surface area contributed by atoms with Crippen molar-refractivity contribution in [1.29, 1.82) is 0 Å². The maximum Gasteiger partial charge on any atom is 0.125 e. The van der Waals surface area contributed by atoms with Crippen molar-refractivity contribution in [2.24, 2.45) is 5.41 Å². The van der Waals surface area contributed by atoms with Crippen molar-refractivity contribution in [2.45, 2.75) is 38.7 Å². The van der Waals surface area contributed by atoms with E-state index in [1.54, 1.807) is 0 Å². The molecule has 0 N–H and O–H groups in total. The summed E-state index contributed by atoms with van der Waals surface area (Å²) in [6.45, 7) is 6.18. The maximum absolute atomic E-state index is 6.14. The number of rotatable bonds is 0. The van der Waals surface area contributed by atoms with Crippen molar-refractivity contribution in [2.75, 3.05) is 13.2 Å². The van der Waals surface area contributed by atoms with Gasteiger partial charge in [0.2, 0.25) is 0 Å². The number of para-hydroxylation sites is 1. The molecule has 2 nitrogen and oxygen atoms in total. The molecule has 2 heterocycles. The van der Waals surface area contributed by atoms with Gasteiger partial charge in [-0.1, -0.05) is 32.0 Å². The normalized spacial score (nSPS) is 30.7. The molecule has 0 aliphatic carbocycles. The molecule has 2 heteroatoms. The second kappa shape index (κ2) is 3.74. The van der Waals surface area contributed by atoms with Crippen molar-refractivity contribution >= 4 is 0 Å². The van der Waals surface area contributed by atoms with Crippen molar-refractivity contribution < 1.29 is 9.47 Å². The fourth-order valence-corrected chi connectivity index (χ4v) is 3.21. The van der Waals surface area contributed by atoms with Gasteiger partial charge in [-0.15, -0.1) is 0 Å². The smallest absolute Gasteiger partial charge is 0.125 e. The Morgan fingerprint density at radius 3 is 2.76 bits per heavy atom. The number of hydrogen-bond donors (Lipinski definition) is 0. The Morgan fingerprint density at radius 1 is 1.18 bits per heavy atom. The minimum absolute atomic E-state index is 0.101. The van der Waals surface area contributed by atoms with Crippen LogP contribution in [0, 0.1) is 5.41 Å². The number of benzene rings is 1. The maximum atomic E-state index is 6.14. The van der Waals surface area contributed by atoms with Gasteiger partial charge in [-0.2, -0.15) is 0 Å². The van der Waals surface area contributed by atoms with Gasteiger partial charge in [0, 0.05) is 17.6 Å². The van der Waals surface area contributed by atoms with E-state index in [1.165, 1.54) is 5.56 Å². The van der Waals surface area contributed by atoms with Crippen LogP contribution in [0.5, 0.6) is 5.75 Å². The van der Waals surface area contributed by atoms with E-state index in [1.807, 2.05) is 6.07 Å². The number of hydrogen-bond acceptors (Lipinski definition) is 2. The van der Waals surface area contributed by atoms with Crippen LogP contribution in [0.3, 0.4) is 0 Å². The molecule has 2 aliphatic heterocycles. The van der Waals surface area contributed by atoms with Crippen molar-refractivity contribution in [1.82, 2.24) is 0 Å². The number of fused-ring (bicyclic) bond motifs is 2. The molecule has 17 heavy (non-hydrogen) atoms. The van der Waals surface area contributed by atoms with E-state index in [2.05, 4.69) is 32.0 Å². The van der Waals surface area contributed by atoms with E-state index in [0.29, 0.717) is 0 Å². The van der Waals surface area contributed by atoms with Crippen LogP contribution >= 0.6 is 0 Å². The summed E-state index contributed by atoms with van der Waals surface area (Å²) in [5.41, 5.74) is 1.32. The summed E-state index contributed by atoms with van der Waals surface area (Å²) in [7, 11) is 0. The fourth-order valence-electron chi connectivity index (χ4n) is 3.21. The average molecular weight is 232 g/mol. The molecule has 0 bridgehead atoms. The third kappa shape index (κ3) is 1.85.